The van der Waals surface area contributed by atoms with E-state index in [0.717, 1.165) is 12.6 Å². The topological polar surface area (TPSA) is 27.1 Å². The third kappa shape index (κ3) is 2.92. The molecule has 0 spiro atoms. The first-order valence-corrected chi connectivity index (χ1v) is 4.62. The second kappa shape index (κ2) is 5.26. The number of hydrogen-bond donors (Lipinski definition) is 0. The number of rotatable bonds is 5. The summed E-state index contributed by atoms with van der Waals surface area (Å²) < 4.78 is 30.0. The van der Waals surface area contributed by atoms with Crippen LogP contribution in [0.5, 0.6) is 0 Å². The fraction of sp³-hybridized carbons (Fsp3) is 0.625. The molecule has 3 nitrogen and oxygen atoms in total. The van der Waals surface area contributed by atoms with E-state index in [4.69, 9.17) is 16.3 Å². The van der Waals surface area contributed by atoms with Gasteiger partial charge in [-0.25, -0.2) is 4.68 Å². The molecule has 0 aliphatic carbocycles. The van der Waals surface area contributed by atoms with Crippen LogP contribution in [0.3, 0.4) is 0 Å². The lowest BCUT2D eigenvalue weighted by Crippen LogP contribution is -2.01. The van der Waals surface area contributed by atoms with Gasteiger partial charge in [0.25, 0.3) is 0 Å². The highest BCUT2D eigenvalue weighted by Gasteiger charge is 2.12. The maximum atomic E-state index is 12.1. The first-order valence-electron chi connectivity index (χ1n) is 4.24. The Morgan fingerprint density at radius 2 is 2.36 bits per heavy atom. The van der Waals surface area contributed by atoms with E-state index in [1.165, 1.54) is 0 Å². The zero-order valence-electron chi connectivity index (χ0n) is 7.71. The molecule has 0 atom stereocenters. The van der Waals surface area contributed by atoms with Crippen LogP contribution in [0.2, 0.25) is 5.02 Å². The molecule has 1 rings (SSSR count). The highest BCUT2D eigenvalue weighted by molar-refractivity contribution is 6.31. The van der Waals surface area contributed by atoms with Crippen molar-refractivity contribution in [2.75, 3.05) is 6.61 Å². The third-order valence-corrected chi connectivity index (χ3v) is 1.86. The molecule has 14 heavy (non-hydrogen) atoms. The van der Waals surface area contributed by atoms with Crippen LogP contribution >= 0.6 is 11.6 Å². The average molecular weight is 225 g/mol. The lowest BCUT2D eigenvalue weighted by Gasteiger charge is -1.99. The SMILES string of the molecule is CCCOCc1nn(C(F)F)cc1Cl. The first kappa shape index (κ1) is 11.4. The van der Waals surface area contributed by atoms with Crippen LogP contribution in [0.1, 0.15) is 25.6 Å². The Morgan fingerprint density at radius 3 is 2.86 bits per heavy atom. The van der Waals surface area contributed by atoms with Crippen molar-refractivity contribution < 1.29 is 13.5 Å². The second-order valence-corrected chi connectivity index (χ2v) is 3.14. The minimum absolute atomic E-state index is 0.173. The van der Waals surface area contributed by atoms with E-state index in [1.54, 1.807) is 0 Å². The lowest BCUT2D eigenvalue weighted by molar-refractivity contribution is 0.0543. The number of hydrogen-bond acceptors (Lipinski definition) is 2. The molecule has 0 aliphatic heterocycles. The summed E-state index contributed by atoms with van der Waals surface area (Å²) in [6.45, 7) is 0.0383. The minimum atomic E-state index is -2.66. The van der Waals surface area contributed by atoms with E-state index in [2.05, 4.69) is 5.10 Å². The fourth-order valence-electron chi connectivity index (χ4n) is 0.918. The quantitative estimate of drug-likeness (QED) is 0.719. The highest BCUT2D eigenvalue weighted by atomic mass is 35.5. The normalized spacial score (nSPS) is 11.2. The van der Waals surface area contributed by atoms with Gasteiger partial charge in [-0.15, -0.1) is 0 Å². The number of alkyl halides is 2. The van der Waals surface area contributed by atoms with Crippen LogP contribution in [0.15, 0.2) is 6.20 Å². The van der Waals surface area contributed by atoms with Crippen molar-refractivity contribution in [2.45, 2.75) is 26.5 Å². The Kier molecular flexibility index (Phi) is 4.28. The molecule has 0 aromatic carbocycles. The number of halogens is 3. The van der Waals surface area contributed by atoms with E-state index in [9.17, 15) is 8.78 Å². The largest absolute Gasteiger partial charge is 0.375 e. The van der Waals surface area contributed by atoms with Crippen LogP contribution in [0.25, 0.3) is 0 Å². The Balaban J connectivity index is 2.58. The molecule has 0 saturated heterocycles. The zero-order chi connectivity index (χ0) is 10.6. The van der Waals surface area contributed by atoms with Gasteiger partial charge >= 0.3 is 6.55 Å². The summed E-state index contributed by atoms with van der Waals surface area (Å²) in [6.07, 6.45) is 1.96. The van der Waals surface area contributed by atoms with E-state index < -0.39 is 6.55 Å². The average Bonchev–Trinajstić information content (AvgIpc) is 2.49. The summed E-state index contributed by atoms with van der Waals surface area (Å²) in [7, 11) is 0. The number of nitrogens with zero attached hydrogens (tertiary/aromatic N) is 2. The molecule has 0 amide bonds. The fourth-order valence-corrected chi connectivity index (χ4v) is 1.11. The molecule has 1 aromatic rings. The predicted octanol–water partition coefficient (Wildman–Crippen LogP) is 2.86. The maximum Gasteiger partial charge on any atom is 0.333 e. The maximum absolute atomic E-state index is 12.1. The first-order chi connectivity index (χ1) is 6.65. The molecule has 0 radical (unpaired) electrons. The van der Waals surface area contributed by atoms with Crippen molar-refractivity contribution >= 4 is 11.6 Å². The Morgan fingerprint density at radius 1 is 1.64 bits per heavy atom. The Labute approximate surface area is 85.6 Å². The second-order valence-electron chi connectivity index (χ2n) is 2.73. The Bertz CT molecular complexity index is 291. The standard InChI is InChI=1S/C8H11ClF2N2O/c1-2-3-14-5-7-6(9)4-13(12-7)8(10)11/h4,8H,2-3,5H2,1H3. The van der Waals surface area contributed by atoms with Gasteiger partial charge in [-0.2, -0.15) is 13.9 Å². The van der Waals surface area contributed by atoms with Crippen molar-refractivity contribution in [1.82, 2.24) is 9.78 Å². The van der Waals surface area contributed by atoms with E-state index in [1.807, 2.05) is 6.92 Å². The Hall–Kier alpha value is -0.680. The number of aromatic nitrogens is 2. The van der Waals surface area contributed by atoms with Gasteiger partial charge in [0.1, 0.15) is 5.69 Å². The number of ether oxygens (including phenoxy) is 1. The summed E-state index contributed by atoms with van der Waals surface area (Å²) in [6, 6.07) is 0. The molecule has 1 heterocycles. The smallest absolute Gasteiger partial charge is 0.333 e. The van der Waals surface area contributed by atoms with Crippen LogP contribution in [-0.2, 0) is 11.3 Å². The van der Waals surface area contributed by atoms with Crippen LogP contribution in [-0.4, -0.2) is 16.4 Å². The third-order valence-electron chi connectivity index (χ3n) is 1.54. The van der Waals surface area contributed by atoms with Gasteiger partial charge in [-0.3, -0.25) is 0 Å². The van der Waals surface area contributed by atoms with Gasteiger partial charge in [-0.05, 0) is 6.42 Å². The molecule has 0 aliphatic rings. The van der Waals surface area contributed by atoms with Crippen LogP contribution < -0.4 is 0 Å². The molecule has 1 aromatic heterocycles. The highest BCUT2D eigenvalue weighted by Crippen LogP contribution is 2.18. The van der Waals surface area contributed by atoms with Crippen molar-refractivity contribution in [3.8, 4) is 0 Å². The molecule has 0 fully saturated rings. The lowest BCUT2D eigenvalue weighted by atomic mass is 10.4. The van der Waals surface area contributed by atoms with Gasteiger partial charge in [0.05, 0.1) is 11.6 Å². The van der Waals surface area contributed by atoms with Gasteiger partial charge in [0.2, 0.25) is 0 Å². The van der Waals surface area contributed by atoms with Crippen molar-refractivity contribution in [3.05, 3.63) is 16.9 Å². The zero-order valence-corrected chi connectivity index (χ0v) is 8.47. The van der Waals surface area contributed by atoms with Gasteiger partial charge in [-0.1, -0.05) is 18.5 Å². The van der Waals surface area contributed by atoms with Crippen molar-refractivity contribution in [2.24, 2.45) is 0 Å². The predicted molar refractivity (Wildman–Crippen MR) is 48.4 cm³/mol. The molecule has 0 N–H and O–H groups in total. The summed E-state index contributed by atoms with van der Waals surface area (Å²) in [5.41, 5.74) is 0.348. The van der Waals surface area contributed by atoms with Gasteiger partial charge < -0.3 is 4.74 Å². The molecule has 0 saturated carbocycles. The van der Waals surface area contributed by atoms with Crippen molar-refractivity contribution in [1.29, 1.82) is 0 Å². The molecular formula is C8H11ClF2N2O. The van der Waals surface area contributed by atoms with Gasteiger partial charge in [0, 0.05) is 12.8 Å². The monoisotopic (exact) mass is 224 g/mol. The van der Waals surface area contributed by atoms with E-state index >= 15 is 0 Å². The minimum Gasteiger partial charge on any atom is -0.375 e. The molecule has 80 valence electrons. The van der Waals surface area contributed by atoms with E-state index in [0.29, 0.717) is 17.0 Å². The summed E-state index contributed by atoms with van der Waals surface area (Å²) >= 11 is 5.67. The molecule has 6 heteroatoms. The van der Waals surface area contributed by atoms with E-state index in [-0.39, 0.29) is 11.6 Å². The molecule has 0 unspecified atom stereocenters. The van der Waals surface area contributed by atoms with Gasteiger partial charge in [0.15, 0.2) is 0 Å². The summed E-state index contributed by atoms with van der Waals surface area (Å²) in [5, 5.41) is 3.80. The van der Waals surface area contributed by atoms with Crippen LogP contribution in [0, 0.1) is 0 Å². The van der Waals surface area contributed by atoms with Crippen molar-refractivity contribution in [3.63, 3.8) is 0 Å². The molecule has 0 bridgehead atoms. The summed E-state index contributed by atoms with van der Waals surface area (Å²) in [4.78, 5) is 0. The molecular weight excluding hydrogens is 214 g/mol. The summed E-state index contributed by atoms with van der Waals surface area (Å²) in [5.74, 6) is 0. The van der Waals surface area contributed by atoms with Crippen LogP contribution in [0.4, 0.5) is 8.78 Å².